The van der Waals surface area contributed by atoms with Crippen LogP contribution in [0.15, 0.2) is 24.4 Å². The van der Waals surface area contributed by atoms with Gasteiger partial charge in [-0.05, 0) is 35.6 Å². The summed E-state index contributed by atoms with van der Waals surface area (Å²) in [5.74, 6) is 0.201. The number of ketones is 1. The van der Waals surface area contributed by atoms with Crippen molar-refractivity contribution in [2.45, 2.75) is 39.5 Å². The number of hydrogen-bond acceptors (Lipinski definition) is 1. The van der Waals surface area contributed by atoms with Crippen LogP contribution in [0.3, 0.4) is 0 Å². The van der Waals surface area contributed by atoms with Crippen molar-refractivity contribution < 1.29 is 4.79 Å². The Bertz CT molecular complexity index is 558. The number of nitrogens with one attached hydrogen (secondary N) is 1. The fourth-order valence-electron chi connectivity index (χ4n) is 2.06. The highest BCUT2D eigenvalue weighted by Gasteiger charge is 2.15. The third-order valence-electron chi connectivity index (χ3n) is 3.07. The minimum atomic E-state index is 0.138. The topological polar surface area (TPSA) is 32.9 Å². The van der Waals surface area contributed by atoms with Gasteiger partial charge < -0.3 is 4.98 Å². The molecule has 2 nitrogen and oxygen atoms in total. The molecule has 2 heteroatoms. The van der Waals surface area contributed by atoms with Crippen molar-refractivity contribution in [2.75, 3.05) is 0 Å². The van der Waals surface area contributed by atoms with Crippen molar-refractivity contribution in [3.05, 3.63) is 35.5 Å². The molecule has 0 amide bonds. The highest BCUT2D eigenvalue weighted by atomic mass is 16.1. The Labute approximate surface area is 102 Å². The predicted molar refractivity (Wildman–Crippen MR) is 71.4 cm³/mol. The van der Waals surface area contributed by atoms with E-state index in [4.69, 9.17) is 0 Å². The van der Waals surface area contributed by atoms with Gasteiger partial charge in [-0.25, -0.2) is 0 Å². The van der Waals surface area contributed by atoms with Gasteiger partial charge in [0.2, 0.25) is 0 Å². The van der Waals surface area contributed by atoms with Crippen LogP contribution in [0.2, 0.25) is 0 Å². The summed E-state index contributed by atoms with van der Waals surface area (Å²) < 4.78 is 0. The summed E-state index contributed by atoms with van der Waals surface area (Å²) in [4.78, 5) is 14.4. The lowest BCUT2D eigenvalue weighted by Crippen LogP contribution is -2.10. The van der Waals surface area contributed by atoms with E-state index in [0.29, 0.717) is 6.42 Å². The molecule has 1 N–H and O–H groups in total. The number of benzene rings is 1. The summed E-state index contributed by atoms with van der Waals surface area (Å²) in [6, 6.07) is 6.44. The molecule has 0 aliphatic heterocycles. The SMILES string of the molecule is CC(=O)Cc1c[nH]c2ccc(C(C)(C)C)cc12. The van der Waals surface area contributed by atoms with E-state index in [-0.39, 0.29) is 11.2 Å². The standard InChI is InChI=1S/C15H19NO/c1-10(17)7-11-9-16-14-6-5-12(8-13(11)14)15(2,3)4/h5-6,8-9,16H,7H2,1-4H3. The molecule has 0 aliphatic rings. The fraction of sp³-hybridized carbons (Fsp3) is 0.400. The monoisotopic (exact) mass is 229 g/mol. The minimum Gasteiger partial charge on any atom is -0.361 e. The molecule has 0 fully saturated rings. The third-order valence-corrected chi connectivity index (χ3v) is 3.07. The van der Waals surface area contributed by atoms with Crippen LogP contribution in [-0.2, 0) is 16.6 Å². The normalized spacial score (nSPS) is 12.0. The van der Waals surface area contributed by atoms with Gasteiger partial charge in [0.05, 0.1) is 0 Å². The van der Waals surface area contributed by atoms with E-state index < -0.39 is 0 Å². The molecule has 90 valence electrons. The Kier molecular flexibility index (Phi) is 2.82. The zero-order valence-corrected chi connectivity index (χ0v) is 10.9. The molecular weight excluding hydrogens is 210 g/mol. The molecule has 0 unspecified atom stereocenters. The Morgan fingerprint density at radius 1 is 1.29 bits per heavy atom. The number of fused-ring (bicyclic) bond motifs is 1. The highest BCUT2D eigenvalue weighted by molar-refractivity contribution is 5.89. The van der Waals surface area contributed by atoms with Crippen molar-refractivity contribution in [2.24, 2.45) is 0 Å². The predicted octanol–water partition coefficient (Wildman–Crippen LogP) is 3.60. The summed E-state index contributed by atoms with van der Waals surface area (Å²) in [5, 5.41) is 1.17. The average Bonchev–Trinajstić information content (AvgIpc) is 2.59. The van der Waals surface area contributed by atoms with Crippen LogP contribution in [0.5, 0.6) is 0 Å². The van der Waals surface area contributed by atoms with E-state index in [2.05, 4.69) is 44.0 Å². The van der Waals surface area contributed by atoms with E-state index in [1.54, 1.807) is 6.92 Å². The second-order valence-corrected chi connectivity index (χ2v) is 5.70. The smallest absolute Gasteiger partial charge is 0.134 e. The van der Waals surface area contributed by atoms with Crippen molar-refractivity contribution in [1.29, 1.82) is 0 Å². The second kappa shape index (κ2) is 4.02. The molecule has 2 aromatic rings. The zero-order chi connectivity index (χ0) is 12.6. The molecule has 0 spiro atoms. The van der Waals surface area contributed by atoms with Gasteiger partial charge in [-0.15, -0.1) is 0 Å². The van der Waals surface area contributed by atoms with Gasteiger partial charge in [-0.2, -0.15) is 0 Å². The van der Waals surface area contributed by atoms with Crippen LogP contribution >= 0.6 is 0 Å². The Hall–Kier alpha value is -1.57. The van der Waals surface area contributed by atoms with Crippen LogP contribution in [0.4, 0.5) is 0 Å². The van der Waals surface area contributed by atoms with Crippen molar-refractivity contribution in [3.63, 3.8) is 0 Å². The molecule has 1 heterocycles. The molecule has 1 aromatic heterocycles. The van der Waals surface area contributed by atoms with Gasteiger partial charge in [0, 0.05) is 23.5 Å². The van der Waals surface area contributed by atoms with Gasteiger partial charge >= 0.3 is 0 Å². The second-order valence-electron chi connectivity index (χ2n) is 5.70. The number of rotatable bonds is 2. The number of hydrogen-bond donors (Lipinski definition) is 1. The van der Waals surface area contributed by atoms with E-state index in [0.717, 1.165) is 11.1 Å². The van der Waals surface area contributed by atoms with E-state index in [1.807, 2.05) is 6.20 Å². The lowest BCUT2D eigenvalue weighted by Gasteiger charge is -2.19. The van der Waals surface area contributed by atoms with Gasteiger partial charge in [-0.3, -0.25) is 4.79 Å². The number of aromatic nitrogens is 1. The average molecular weight is 229 g/mol. The van der Waals surface area contributed by atoms with Crippen molar-refractivity contribution in [3.8, 4) is 0 Å². The lowest BCUT2D eigenvalue weighted by molar-refractivity contribution is -0.116. The molecule has 2 rings (SSSR count). The minimum absolute atomic E-state index is 0.138. The Morgan fingerprint density at radius 2 is 2.00 bits per heavy atom. The third kappa shape index (κ3) is 2.41. The molecule has 0 atom stereocenters. The van der Waals surface area contributed by atoms with Crippen LogP contribution in [0.1, 0.15) is 38.8 Å². The van der Waals surface area contributed by atoms with Gasteiger partial charge in [0.1, 0.15) is 5.78 Å². The maximum absolute atomic E-state index is 11.2. The summed E-state index contributed by atoms with van der Waals surface area (Å²) in [7, 11) is 0. The first kappa shape index (κ1) is 11.9. The largest absolute Gasteiger partial charge is 0.361 e. The molecule has 17 heavy (non-hydrogen) atoms. The molecule has 1 aromatic carbocycles. The molecule has 0 saturated carbocycles. The molecule has 0 bridgehead atoms. The number of carbonyl (C=O) groups excluding carboxylic acids is 1. The maximum Gasteiger partial charge on any atom is 0.134 e. The zero-order valence-electron chi connectivity index (χ0n) is 10.9. The number of carbonyl (C=O) groups is 1. The number of H-pyrrole nitrogens is 1. The van der Waals surface area contributed by atoms with E-state index in [9.17, 15) is 4.79 Å². The maximum atomic E-state index is 11.2. The first-order valence-electron chi connectivity index (χ1n) is 5.98. The van der Waals surface area contributed by atoms with E-state index >= 15 is 0 Å². The van der Waals surface area contributed by atoms with E-state index in [1.165, 1.54) is 10.9 Å². The highest BCUT2D eigenvalue weighted by Crippen LogP contribution is 2.27. The lowest BCUT2D eigenvalue weighted by atomic mass is 9.86. The van der Waals surface area contributed by atoms with Gasteiger partial charge in [0.25, 0.3) is 0 Å². The first-order valence-corrected chi connectivity index (χ1v) is 5.98. The van der Waals surface area contributed by atoms with Crippen LogP contribution in [0, 0.1) is 0 Å². The first-order chi connectivity index (χ1) is 7.88. The Morgan fingerprint density at radius 3 is 2.59 bits per heavy atom. The Balaban J connectivity index is 2.54. The molecule has 0 aliphatic carbocycles. The number of Topliss-reactive ketones (excluding diaryl/α,β-unsaturated/α-hetero) is 1. The quantitative estimate of drug-likeness (QED) is 0.838. The summed E-state index contributed by atoms with van der Waals surface area (Å²) in [6.07, 6.45) is 2.45. The molecular formula is C15H19NO. The summed E-state index contributed by atoms with van der Waals surface area (Å²) in [5.41, 5.74) is 3.64. The van der Waals surface area contributed by atoms with Crippen molar-refractivity contribution in [1.82, 2.24) is 4.98 Å². The summed E-state index contributed by atoms with van der Waals surface area (Å²) >= 11 is 0. The molecule has 0 saturated heterocycles. The fourth-order valence-corrected chi connectivity index (χ4v) is 2.06. The molecule has 0 radical (unpaired) electrons. The van der Waals surface area contributed by atoms with Crippen molar-refractivity contribution >= 4 is 16.7 Å². The van der Waals surface area contributed by atoms with Crippen LogP contribution < -0.4 is 0 Å². The van der Waals surface area contributed by atoms with Crippen LogP contribution in [0.25, 0.3) is 10.9 Å². The number of aromatic amines is 1. The van der Waals surface area contributed by atoms with Gasteiger partial charge in [0.15, 0.2) is 0 Å². The van der Waals surface area contributed by atoms with Crippen LogP contribution in [-0.4, -0.2) is 10.8 Å². The van der Waals surface area contributed by atoms with Gasteiger partial charge in [-0.1, -0.05) is 26.8 Å². The summed E-state index contributed by atoms with van der Waals surface area (Å²) in [6.45, 7) is 8.23.